The lowest BCUT2D eigenvalue weighted by Crippen LogP contribution is -2.49. The Kier molecular flexibility index (Phi) is 2.90. The lowest BCUT2D eigenvalue weighted by atomic mass is 10.1. The normalized spacial score (nSPS) is 31.5. The molecule has 2 saturated heterocycles. The molecule has 2 heterocycles. The van der Waals surface area contributed by atoms with Crippen molar-refractivity contribution in [2.45, 2.75) is 19.4 Å². The van der Waals surface area contributed by atoms with Gasteiger partial charge in [0.15, 0.2) is 0 Å². The third-order valence-corrected chi connectivity index (χ3v) is 2.98. The van der Waals surface area contributed by atoms with Gasteiger partial charge in [0, 0.05) is 19.5 Å². The largest absolute Gasteiger partial charge is 0.377 e. The highest BCUT2D eigenvalue weighted by Crippen LogP contribution is 2.16. The van der Waals surface area contributed by atoms with Crippen molar-refractivity contribution in [2.24, 2.45) is 5.92 Å². The summed E-state index contributed by atoms with van der Waals surface area (Å²) >= 11 is 0. The molecule has 2 amide bonds. The Bertz CT molecular complexity index is 280. The molecule has 0 spiro atoms. The van der Waals surface area contributed by atoms with Gasteiger partial charge < -0.3 is 15.0 Å². The Balaban J connectivity index is 1.97. The number of hydrogen-bond donors (Lipinski definition) is 1. The molecule has 2 fully saturated rings. The maximum absolute atomic E-state index is 12.0. The Labute approximate surface area is 88.8 Å². The third kappa shape index (κ3) is 2.12. The first-order valence-corrected chi connectivity index (χ1v) is 5.33. The first-order valence-electron chi connectivity index (χ1n) is 5.33. The summed E-state index contributed by atoms with van der Waals surface area (Å²) in [6.07, 6.45) is 0.336. The van der Waals surface area contributed by atoms with Gasteiger partial charge in [-0.1, -0.05) is 0 Å². The molecular weight excluding hydrogens is 196 g/mol. The van der Waals surface area contributed by atoms with E-state index in [0.717, 1.165) is 0 Å². The van der Waals surface area contributed by atoms with Crippen molar-refractivity contribution in [3.8, 4) is 0 Å². The Morgan fingerprint density at radius 3 is 3.00 bits per heavy atom. The van der Waals surface area contributed by atoms with E-state index in [1.54, 1.807) is 0 Å². The maximum Gasteiger partial charge on any atom is 0.228 e. The van der Waals surface area contributed by atoms with Crippen LogP contribution in [0.4, 0.5) is 0 Å². The minimum absolute atomic E-state index is 0.0192. The first-order chi connectivity index (χ1) is 7.18. The van der Waals surface area contributed by atoms with E-state index < -0.39 is 0 Å². The predicted molar refractivity (Wildman–Crippen MR) is 53.1 cm³/mol. The lowest BCUT2D eigenvalue weighted by Gasteiger charge is -2.34. The second-order valence-electron chi connectivity index (χ2n) is 4.16. The van der Waals surface area contributed by atoms with E-state index in [1.807, 2.05) is 11.8 Å². The molecular formula is C10H16N2O3. The van der Waals surface area contributed by atoms with Crippen LogP contribution in [0.2, 0.25) is 0 Å². The fraction of sp³-hybridized carbons (Fsp3) is 0.800. The molecule has 0 radical (unpaired) electrons. The molecule has 1 N–H and O–H groups in total. The smallest absolute Gasteiger partial charge is 0.228 e. The van der Waals surface area contributed by atoms with Crippen LogP contribution in [0.1, 0.15) is 13.3 Å². The number of ether oxygens (including phenoxy) is 1. The average molecular weight is 212 g/mol. The molecule has 0 aliphatic carbocycles. The van der Waals surface area contributed by atoms with E-state index in [9.17, 15) is 9.59 Å². The molecule has 15 heavy (non-hydrogen) atoms. The summed E-state index contributed by atoms with van der Waals surface area (Å²) in [7, 11) is 0. The van der Waals surface area contributed by atoms with Crippen LogP contribution < -0.4 is 5.32 Å². The van der Waals surface area contributed by atoms with Crippen molar-refractivity contribution in [3.05, 3.63) is 0 Å². The maximum atomic E-state index is 12.0. The van der Waals surface area contributed by atoms with Crippen LogP contribution in [0.15, 0.2) is 0 Å². The first kappa shape index (κ1) is 10.4. The zero-order valence-electron chi connectivity index (χ0n) is 8.86. The molecule has 2 rings (SSSR count). The zero-order chi connectivity index (χ0) is 10.8. The van der Waals surface area contributed by atoms with Gasteiger partial charge in [-0.2, -0.15) is 0 Å². The highest BCUT2D eigenvalue weighted by atomic mass is 16.5. The zero-order valence-corrected chi connectivity index (χ0v) is 8.86. The molecule has 0 aromatic carbocycles. The molecule has 0 aromatic rings. The Morgan fingerprint density at radius 2 is 2.40 bits per heavy atom. The highest BCUT2D eigenvalue weighted by Gasteiger charge is 2.34. The number of nitrogens with zero attached hydrogens (tertiary/aromatic N) is 1. The molecule has 2 aliphatic rings. The number of morpholine rings is 1. The molecule has 5 heteroatoms. The molecule has 84 valence electrons. The molecule has 2 unspecified atom stereocenters. The van der Waals surface area contributed by atoms with Crippen molar-refractivity contribution in [1.29, 1.82) is 0 Å². The number of rotatable bonds is 1. The van der Waals surface area contributed by atoms with Crippen molar-refractivity contribution < 1.29 is 14.3 Å². The summed E-state index contributed by atoms with van der Waals surface area (Å²) in [4.78, 5) is 24.9. The molecule has 0 aromatic heterocycles. The highest BCUT2D eigenvalue weighted by molar-refractivity contribution is 5.89. The second kappa shape index (κ2) is 4.18. The number of amides is 2. The van der Waals surface area contributed by atoms with Crippen LogP contribution in [-0.4, -0.2) is 49.1 Å². The molecule has 0 saturated carbocycles. The van der Waals surface area contributed by atoms with Crippen LogP contribution in [-0.2, 0) is 14.3 Å². The van der Waals surface area contributed by atoms with Crippen LogP contribution in [0.25, 0.3) is 0 Å². The van der Waals surface area contributed by atoms with Crippen molar-refractivity contribution in [3.63, 3.8) is 0 Å². The SMILES string of the molecule is CC1COCCN1C(=O)C1CNC(=O)C1. The Hall–Kier alpha value is -1.10. The van der Waals surface area contributed by atoms with Crippen LogP contribution in [0.3, 0.4) is 0 Å². The standard InChI is InChI=1S/C10H16N2O3/c1-7-6-15-3-2-12(7)10(14)8-4-9(13)11-5-8/h7-8H,2-6H2,1H3,(H,11,13). The van der Waals surface area contributed by atoms with E-state index in [4.69, 9.17) is 4.74 Å². The monoisotopic (exact) mass is 212 g/mol. The summed E-state index contributed by atoms with van der Waals surface area (Å²) in [5.74, 6) is -0.100. The quantitative estimate of drug-likeness (QED) is 0.629. The summed E-state index contributed by atoms with van der Waals surface area (Å²) < 4.78 is 5.27. The lowest BCUT2D eigenvalue weighted by molar-refractivity contribution is -0.143. The molecule has 2 atom stereocenters. The topological polar surface area (TPSA) is 58.6 Å². The van der Waals surface area contributed by atoms with E-state index in [0.29, 0.717) is 32.7 Å². The van der Waals surface area contributed by atoms with E-state index in [2.05, 4.69) is 5.32 Å². The summed E-state index contributed by atoms with van der Waals surface area (Å²) in [6, 6.07) is 0.127. The molecule has 5 nitrogen and oxygen atoms in total. The van der Waals surface area contributed by atoms with Gasteiger partial charge >= 0.3 is 0 Å². The summed E-state index contributed by atoms with van der Waals surface area (Å²) in [5.41, 5.74) is 0. The number of nitrogens with one attached hydrogen (secondary N) is 1. The van der Waals surface area contributed by atoms with Gasteiger partial charge in [-0.05, 0) is 6.92 Å². The van der Waals surface area contributed by atoms with Gasteiger partial charge in [0.05, 0.1) is 25.2 Å². The third-order valence-electron chi connectivity index (χ3n) is 2.98. The molecule has 0 bridgehead atoms. The van der Waals surface area contributed by atoms with Crippen molar-refractivity contribution in [1.82, 2.24) is 10.2 Å². The van der Waals surface area contributed by atoms with Gasteiger partial charge in [-0.25, -0.2) is 0 Å². The van der Waals surface area contributed by atoms with Gasteiger partial charge in [0.2, 0.25) is 11.8 Å². The minimum atomic E-state index is -0.168. The van der Waals surface area contributed by atoms with E-state index >= 15 is 0 Å². The van der Waals surface area contributed by atoms with Crippen LogP contribution >= 0.6 is 0 Å². The summed E-state index contributed by atoms with van der Waals surface area (Å²) in [5, 5.41) is 2.69. The Morgan fingerprint density at radius 1 is 1.60 bits per heavy atom. The van der Waals surface area contributed by atoms with Gasteiger partial charge in [-0.15, -0.1) is 0 Å². The fourth-order valence-electron chi connectivity index (χ4n) is 2.07. The van der Waals surface area contributed by atoms with Crippen LogP contribution in [0.5, 0.6) is 0 Å². The second-order valence-corrected chi connectivity index (χ2v) is 4.16. The van der Waals surface area contributed by atoms with Gasteiger partial charge in [0.25, 0.3) is 0 Å². The predicted octanol–water partition coefficient (Wildman–Crippen LogP) is -0.630. The van der Waals surface area contributed by atoms with Crippen molar-refractivity contribution in [2.75, 3.05) is 26.3 Å². The van der Waals surface area contributed by atoms with Crippen molar-refractivity contribution >= 4 is 11.8 Å². The summed E-state index contributed by atoms with van der Waals surface area (Å²) in [6.45, 7) is 4.30. The van der Waals surface area contributed by atoms with E-state index in [-0.39, 0.29) is 23.8 Å². The van der Waals surface area contributed by atoms with Crippen LogP contribution in [0, 0.1) is 5.92 Å². The van der Waals surface area contributed by atoms with E-state index in [1.165, 1.54) is 0 Å². The van der Waals surface area contributed by atoms with Gasteiger partial charge in [0.1, 0.15) is 0 Å². The fourth-order valence-corrected chi connectivity index (χ4v) is 2.07. The molecule has 2 aliphatic heterocycles. The average Bonchev–Trinajstić information content (AvgIpc) is 2.65. The minimum Gasteiger partial charge on any atom is -0.377 e. The number of carbonyl (C=O) groups excluding carboxylic acids is 2. The number of hydrogen-bond acceptors (Lipinski definition) is 3. The van der Waals surface area contributed by atoms with Gasteiger partial charge in [-0.3, -0.25) is 9.59 Å². The number of carbonyl (C=O) groups is 2.